The summed E-state index contributed by atoms with van der Waals surface area (Å²) >= 11 is 3.19. The summed E-state index contributed by atoms with van der Waals surface area (Å²) in [5.74, 6) is -1.81. The van der Waals surface area contributed by atoms with Gasteiger partial charge in [-0.3, -0.25) is 5.10 Å². The molecule has 0 fully saturated rings. The van der Waals surface area contributed by atoms with Gasteiger partial charge in [0.2, 0.25) is 0 Å². The molecule has 2 rings (SSSR count). The van der Waals surface area contributed by atoms with Gasteiger partial charge in [-0.15, -0.1) is 0 Å². The van der Waals surface area contributed by atoms with Crippen molar-refractivity contribution >= 4 is 21.9 Å². The van der Waals surface area contributed by atoms with Crippen molar-refractivity contribution in [3.05, 3.63) is 28.4 Å². The van der Waals surface area contributed by atoms with Gasteiger partial charge in [0, 0.05) is 4.47 Å². The van der Waals surface area contributed by atoms with Gasteiger partial charge in [0.25, 0.3) is 0 Å². The van der Waals surface area contributed by atoms with Crippen LogP contribution in [0.5, 0.6) is 11.5 Å². The zero-order valence-electron chi connectivity index (χ0n) is 8.31. The minimum absolute atomic E-state index is 0.102. The molecule has 2 aromatic rings. The van der Waals surface area contributed by atoms with Crippen LogP contribution in [0.1, 0.15) is 10.5 Å². The molecule has 0 atom stereocenters. The lowest BCUT2D eigenvalue weighted by atomic mass is 10.1. The Morgan fingerprint density at radius 3 is 2.65 bits per heavy atom. The molecule has 0 radical (unpaired) electrons. The van der Waals surface area contributed by atoms with Crippen molar-refractivity contribution in [1.29, 1.82) is 0 Å². The first kappa shape index (κ1) is 11.5. The van der Waals surface area contributed by atoms with E-state index in [0.29, 0.717) is 4.47 Å². The molecule has 17 heavy (non-hydrogen) atoms. The summed E-state index contributed by atoms with van der Waals surface area (Å²) < 4.78 is 0.497. The molecule has 0 spiro atoms. The molecule has 0 aliphatic heterocycles. The van der Waals surface area contributed by atoms with E-state index in [0.717, 1.165) is 0 Å². The Balaban J connectivity index is 2.60. The third kappa shape index (κ3) is 1.96. The number of phenolic OH excluding ortho intramolecular Hbond substituents is 2. The van der Waals surface area contributed by atoms with Crippen LogP contribution in [0.25, 0.3) is 11.3 Å². The fourth-order valence-electron chi connectivity index (χ4n) is 1.36. The number of aromatic carboxylic acids is 1. The van der Waals surface area contributed by atoms with Gasteiger partial charge in [-0.05, 0) is 34.1 Å². The first-order valence-corrected chi connectivity index (χ1v) is 5.29. The van der Waals surface area contributed by atoms with Crippen LogP contribution in [0, 0.1) is 0 Å². The van der Waals surface area contributed by atoms with Gasteiger partial charge in [-0.1, -0.05) is 0 Å². The Kier molecular flexibility index (Phi) is 2.76. The molecule has 88 valence electrons. The van der Waals surface area contributed by atoms with Crippen molar-refractivity contribution in [2.75, 3.05) is 0 Å². The number of carbonyl (C=O) groups is 1. The minimum atomic E-state index is -1.15. The van der Waals surface area contributed by atoms with Gasteiger partial charge in [0.1, 0.15) is 5.69 Å². The van der Waals surface area contributed by atoms with Crippen LogP contribution >= 0.6 is 15.9 Å². The maximum atomic E-state index is 10.7. The van der Waals surface area contributed by atoms with Crippen LogP contribution < -0.4 is 0 Å². The van der Waals surface area contributed by atoms with Crippen molar-refractivity contribution in [3.8, 4) is 22.8 Å². The minimum Gasteiger partial charge on any atom is -0.504 e. The molecule has 0 amide bonds. The smallest absolute Gasteiger partial charge is 0.353 e. The molecule has 0 saturated carbocycles. The summed E-state index contributed by atoms with van der Waals surface area (Å²) in [6.45, 7) is 0. The van der Waals surface area contributed by atoms with Crippen LogP contribution in [0.15, 0.2) is 22.7 Å². The number of phenols is 2. The van der Waals surface area contributed by atoms with Crippen LogP contribution in [0.3, 0.4) is 0 Å². The lowest BCUT2D eigenvalue weighted by Gasteiger charge is -2.05. The summed E-state index contributed by atoms with van der Waals surface area (Å²) in [5, 5.41) is 33.9. The van der Waals surface area contributed by atoms with Gasteiger partial charge in [0.15, 0.2) is 11.5 Å². The topological polar surface area (TPSA) is 106 Å². The van der Waals surface area contributed by atoms with E-state index in [9.17, 15) is 15.0 Å². The molecule has 6 nitrogen and oxygen atoms in total. The van der Waals surface area contributed by atoms with Gasteiger partial charge >= 0.3 is 5.97 Å². The molecule has 1 aromatic heterocycles. The van der Waals surface area contributed by atoms with Crippen molar-refractivity contribution in [2.24, 2.45) is 0 Å². The van der Waals surface area contributed by atoms with Crippen LogP contribution in [0.2, 0.25) is 0 Å². The molecule has 0 unspecified atom stereocenters. The number of carboxylic acids is 1. The molecule has 0 bridgehead atoms. The molecular weight excluding hydrogens is 292 g/mol. The number of nitrogens with zero attached hydrogens (tertiary/aromatic N) is 1. The van der Waals surface area contributed by atoms with E-state index in [4.69, 9.17) is 5.11 Å². The van der Waals surface area contributed by atoms with E-state index in [-0.39, 0.29) is 28.5 Å². The zero-order chi connectivity index (χ0) is 12.6. The molecular formula is C10H7BrN2O4. The van der Waals surface area contributed by atoms with Gasteiger partial charge in [-0.25, -0.2) is 4.79 Å². The summed E-state index contributed by atoms with van der Waals surface area (Å²) in [5.41, 5.74) is 0.353. The molecule has 0 aliphatic carbocycles. The quantitative estimate of drug-likeness (QED) is 0.634. The highest BCUT2D eigenvalue weighted by Gasteiger charge is 2.17. The fourth-order valence-corrected chi connectivity index (χ4v) is 1.88. The van der Waals surface area contributed by atoms with E-state index < -0.39 is 5.97 Å². The lowest BCUT2D eigenvalue weighted by molar-refractivity contribution is 0.0690. The second kappa shape index (κ2) is 4.10. The number of aromatic nitrogens is 2. The van der Waals surface area contributed by atoms with Gasteiger partial charge < -0.3 is 15.3 Å². The number of aromatic hydroxyl groups is 2. The van der Waals surface area contributed by atoms with Crippen LogP contribution in [-0.4, -0.2) is 31.5 Å². The molecule has 4 N–H and O–H groups in total. The average molecular weight is 299 g/mol. The third-order valence-corrected chi connectivity index (χ3v) is 2.83. The highest BCUT2D eigenvalue weighted by molar-refractivity contribution is 9.10. The third-order valence-electron chi connectivity index (χ3n) is 2.17. The van der Waals surface area contributed by atoms with E-state index in [1.807, 2.05) is 0 Å². The van der Waals surface area contributed by atoms with E-state index >= 15 is 0 Å². The Hall–Kier alpha value is -2.02. The second-order valence-corrected chi connectivity index (χ2v) is 4.12. The van der Waals surface area contributed by atoms with Crippen molar-refractivity contribution in [3.63, 3.8) is 0 Å². The lowest BCUT2D eigenvalue weighted by Crippen LogP contribution is -1.95. The Morgan fingerprint density at radius 1 is 1.35 bits per heavy atom. The fraction of sp³-hybridized carbons (Fsp3) is 0. The van der Waals surface area contributed by atoms with Crippen LogP contribution in [-0.2, 0) is 0 Å². The molecule has 1 heterocycles. The number of carboxylic acid groups (broad SMARTS) is 1. The standard InChI is InChI=1S/C10H7BrN2O4/c11-4-1-2-7(14)9(15)8(4)5-3-6(10(16)17)13-12-5/h1-3,14-15H,(H,12,13)(H,16,17). The van der Waals surface area contributed by atoms with E-state index in [2.05, 4.69) is 26.1 Å². The largest absolute Gasteiger partial charge is 0.504 e. The second-order valence-electron chi connectivity index (χ2n) is 3.26. The molecule has 0 aliphatic rings. The number of benzene rings is 1. The van der Waals surface area contributed by atoms with Crippen molar-refractivity contribution in [1.82, 2.24) is 10.2 Å². The summed E-state index contributed by atoms with van der Waals surface area (Å²) in [6, 6.07) is 4.11. The average Bonchev–Trinajstić information content (AvgIpc) is 2.73. The summed E-state index contributed by atoms with van der Waals surface area (Å²) in [4.78, 5) is 10.7. The number of hydrogen-bond acceptors (Lipinski definition) is 4. The van der Waals surface area contributed by atoms with Crippen LogP contribution in [0.4, 0.5) is 0 Å². The zero-order valence-corrected chi connectivity index (χ0v) is 9.89. The predicted molar refractivity (Wildman–Crippen MR) is 62.0 cm³/mol. The van der Waals surface area contributed by atoms with Crippen molar-refractivity contribution < 1.29 is 20.1 Å². The Morgan fingerprint density at radius 2 is 2.06 bits per heavy atom. The number of hydrogen-bond donors (Lipinski definition) is 4. The number of nitrogens with one attached hydrogen (secondary N) is 1. The normalized spacial score (nSPS) is 10.4. The predicted octanol–water partition coefficient (Wildman–Crippen LogP) is 1.95. The monoisotopic (exact) mass is 298 g/mol. The molecule has 0 saturated heterocycles. The maximum absolute atomic E-state index is 10.7. The van der Waals surface area contributed by atoms with E-state index in [1.165, 1.54) is 18.2 Å². The summed E-state index contributed by atoms with van der Waals surface area (Å²) in [7, 11) is 0. The SMILES string of the molecule is O=C(O)c1cc(-c2c(Br)ccc(O)c2O)n[nH]1. The number of rotatable bonds is 2. The number of halogens is 1. The maximum Gasteiger partial charge on any atom is 0.353 e. The first-order chi connectivity index (χ1) is 8.00. The summed E-state index contributed by atoms with van der Waals surface area (Å²) in [6.07, 6.45) is 0. The highest BCUT2D eigenvalue weighted by Crippen LogP contribution is 2.40. The van der Waals surface area contributed by atoms with E-state index in [1.54, 1.807) is 0 Å². The van der Waals surface area contributed by atoms with Crippen molar-refractivity contribution in [2.45, 2.75) is 0 Å². The highest BCUT2D eigenvalue weighted by atomic mass is 79.9. The van der Waals surface area contributed by atoms with Gasteiger partial charge in [0.05, 0.1) is 11.3 Å². The number of aromatic amines is 1. The first-order valence-electron chi connectivity index (χ1n) is 4.50. The number of H-pyrrole nitrogens is 1. The Labute approximate surface area is 104 Å². The molecule has 1 aromatic carbocycles. The van der Waals surface area contributed by atoms with Gasteiger partial charge in [-0.2, -0.15) is 5.10 Å². The Bertz CT molecular complexity index is 594. The molecule has 7 heteroatoms.